The fourth-order valence-electron chi connectivity index (χ4n) is 2.12. The van der Waals surface area contributed by atoms with Crippen molar-refractivity contribution >= 4 is 15.9 Å². The van der Waals surface area contributed by atoms with Crippen LogP contribution in [0.5, 0.6) is 0 Å². The lowest BCUT2D eigenvalue weighted by atomic mass is 9.96. The maximum atomic E-state index is 13.9. The Labute approximate surface area is 98.2 Å². The van der Waals surface area contributed by atoms with E-state index in [1.54, 1.807) is 0 Å². The first-order valence-electron chi connectivity index (χ1n) is 5.37. The third-order valence-electron chi connectivity index (χ3n) is 2.93. The Balaban J connectivity index is 2.33. The van der Waals surface area contributed by atoms with E-state index in [1.807, 2.05) is 19.1 Å². The van der Waals surface area contributed by atoms with Gasteiger partial charge in [0, 0.05) is 16.1 Å². The van der Waals surface area contributed by atoms with Crippen molar-refractivity contribution in [1.29, 1.82) is 0 Å². The van der Waals surface area contributed by atoms with Gasteiger partial charge in [0.2, 0.25) is 0 Å². The van der Waals surface area contributed by atoms with Gasteiger partial charge in [-0.1, -0.05) is 22.4 Å². The van der Waals surface area contributed by atoms with Crippen molar-refractivity contribution in [1.82, 2.24) is 5.32 Å². The minimum Gasteiger partial charge on any atom is -0.310 e. The van der Waals surface area contributed by atoms with Crippen LogP contribution in [0.4, 0.5) is 4.39 Å². The van der Waals surface area contributed by atoms with E-state index in [2.05, 4.69) is 21.2 Å². The van der Waals surface area contributed by atoms with Crippen molar-refractivity contribution in [3.05, 3.63) is 33.5 Å². The second-order valence-electron chi connectivity index (χ2n) is 4.13. The fraction of sp³-hybridized carbons (Fsp3) is 0.500. The molecule has 1 atom stereocenters. The number of hydrogen-bond acceptors (Lipinski definition) is 1. The maximum absolute atomic E-state index is 13.9. The molecule has 0 radical (unpaired) electrons. The average molecular weight is 272 g/mol. The number of nitrogens with one attached hydrogen (secondary N) is 1. The third kappa shape index (κ3) is 2.40. The molecule has 0 spiro atoms. The Hall–Kier alpha value is -0.410. The van der Waals surface area contributed by atoms with Crippen LogP contribution in [-0.2, 0) is 0 Å². The van der Waals surface area contributed by atoms with Crippen LogP contribution in [0.3, 0.4) is 0 Å². The van der Waals surface area contributed by atoms with Crippen LogP contribution >= 0.6 is 15.9 Å². The van der Waals surface area contributed by atoms with Gasteiger partial charge in [-0.3, -0.25) is 0 Å². The lowest BCUT2D eigenvalue weighted by molar-refractivity contribution is 0.399. The highest BCUT2D eigenvalue weighted by atomic mass is 79.9. The van der Waals surface area contributed by atoms with Gasteiger partial charge in [-0.15, -0.1) is 0 Å². The molecular formula is C12H15BrFN. The van der Waals surface area contributed by atoms with Crippen LogP contribution in [0.1, 0.15) is 36.4 Å². The molecule has 1 N–H and O–H groups in total. The Kier molecular flexibility index (Phi) is 3.42. The highest BCUT2D eigenvalue weighted by Crippen LogP contribution is 2.29. The summed E-state index contributed by atoms with van der Waals surface area (Å²) in [5, 5.41) is 3.37. The maximum Gasteiger partial charge on any atom is 0.130 e. The molecule has 0 bridgehead atoms. The van der Waals surface area contributed by atoms with Crippen molar-refractivity contribution in [3.63, 3.8) is 0 Å². The van der Waals surface area contributed by atoms with Gasteiger partial charge in [0.15, 0.2) is 0 Å². The summed E-state index contributed by atoms with van der Waals surface area (Å²) < 4.78 is 14.9. The minimum atomic E-state index is -0.0578. The Morgan fingerprint density at radius 2 is 2.20 bits per heavy atom. The highest BCUT2D eigenvalue weighted by Gasteiger charge is 2.19. The van der Waals surface area contributed by atoms with E-state index in [9.17, 15) is 4.39 Å². The number of benzene rings is 1. The first-order valence-corrected chi connectivity index (χ1v) is 6.16. The lowest BCUT2D eigenvalue weighted by Crippen LogP contribution is -2.27. The lowest BCUT2D eigenvalue weighted by Gasteiger charge is -2.24. The topological polar surface area (TPSA) is 12.0 Å². The summed E-state index contributed by atoms with van der Waals surface area (Å²) in [5.74, 6) is -0.0578. The van der Waals surface area contributed by atoms with Gasteiger partial charge in [-0.2, -0.15) is 0 Å². The van der Waals surface area contributed by atoms with Crippen molar-refractivity contribution in [2.75, 3.05) is 6.54 Å². The first-order chi connectivity index (χ1) is 7.18. The third-order valence-corrected chi connectivity index (χ3v) is 3.39. The van der Waals surface area contributed by atoms with Gasteiger partial charge in [0.25, 0.3) is 0 Å². The number of rotatable bonds is 1. The SMILES string of the molecule is Cc1cc(Br)cc([C@H]2CCCCN2)c1F. The molecular weight excluding hydrogens is 257 g/mol. The van der Waals surface area contributed by atoms with E-state index in [-0.39, 0.29) is 11.9 Å². The molecule has 0 unspecified atom stereocenters. The van der Waals surface area contributed by atoms with Crippen molar-refractivity contribution in [3.8, 4) is 0 Å². The van der Waals surface area contributed by atoms with Gasteiger partial charge < -0.3 is 5.32 Å². The first kappa shape index (κ1) is 11.1. The Morgan fingerprint density at radius 1 is 1.40 bits per heavy atom. The van der Waals surface area contributed by atoms with Crippen LogP contribution in [0, 0.1) is 12.7 Å². The van der Waals surface area contributed by atoms with E-state index < -0.39 is 0 Å². The number of hydrogen-bond donors (Lipinski definition) is 1. The monoisotopic (exact) mass is 271 g/mol. The molecule has 1 aromatic carbocycles. The molecule has 0 aliphatic carbocycles. The molecule has 0 saturated carbocycles. The zero-order chi connectivity index (χ0) is 10.8. The standard InChI is InChI=1S/C12H15BrFN/c1-8-6-9(13)7-10(12(8)14)11-4-2-3-5-15-11/h6-7,11,15H,2-5H2,1H3/t11-/m1/s1. The summed E-state index contributed by atoms with van der Waals surface area (Å²) in [5.41, 5.74) is 1.52. The number of halogens is 2. The van der Waals surface area contributed by atoms with Gasteiger partial charge >= 0.3 is 0 Å². The molecule has 3 heteroatoms. The quantitative estimate of drug-likeness (QED) is 0.821. The molecule has 2 rings (SSSR count). The predicted molar refractivity (Wildman–Crippen MR) is 63.4 cm³/mol. The predicted octanol–water partition coefficient (Wildman–Crippen LogP) is 3.71. The summed E-state index contributed by atoms with van der Waals surface area (Å²) in [6.45, 7) is 2.81. The fourth-order valence-corrected chi connectivity index (χ4v) is 2.71. The minimum absolute atomic E-state index is 0.0578. The Morgan fingerprint density at radius 3 is 2.87 bits per heavy atom. The Bertz CT molecular complexity index is 359. The number of aryl methyl sites for hydroxylation is 1. The molecule has 1 aromatic rings. The van der Waals surface area contributed by atoms with Crippen LogP contribution in [0.15, 0.2) is 16.6 Å². The van der Waals surface area contributed by atoms with E-state index >= 15 is 0 Å². The summed E-state index contributed by atoms with van der Waals surface area (Å²) in [6, 6.07) is 3.91. The van der Waals surface area contributed by atoms with Crippen LogP contribution in [0.25, 0.3) is 0 Å². The van der Waals surface area contributed by atoms with Gasteiger partial charge in [-0.25, -0.2) is 4.39 Å². The van der Waals surface area contributed by atoms with Crippen LogP contribution in [0.2, 0.25) is 0 Å². The molecule has 0 amide bonds. The second kappa shape index (κ2) is 4.62. The van der Waals surface area contributed by atoms with Gasteiger partial charge in [0.1, 0.15) is 5.82 Å². The summed E-state index contributed by atoms with van der Waals surface area (Å²) in [6.07, 6.45) is 3.42. The molecule has 1 saturated heterocycles. The zero-order valence-electron chi connectivity index (χ0n) is 8.82. The smallest absolute Gasteiger partial charge is 0.130 e. The van der Waals surface area contributed by atoms with Crippen molar-refractivity contribution in [2.24, 2.45) is 0 Å². The molecule has 1 aliphatic rings. The van der Waals surface area contributed by atoms with E-state index in [0.717, 1.165) is 23.0 Å². The largest absolute Gasteiger partial charge is 0.310 e. The number of piperidine rings is 1. The van der Waals surface area contributed by atoms with E-state index in [4.69, 9.17) is 0 Å². The van der Waals surface area contributed by atoms with Gasteiger partial charge in [-0.05, 0) is 44.0 Å². The van der Waals surface area contributed by atoms with Crippen LogP contribution in [-0.4, -0.2) is 6.54 Å². The summed E-state index contributed by atoms with van der Waals surface area (Å²) in [7, 11) is 0. The average Bonchev–Trinajstić information content (AvgIpc) is 2.24. The summed E-state index contributed by atoms with van der Waals surface area (Å²) >= 11 is 3.42. The zero-order valence-corrected chi connectivity index (χ0v) is 10.4. The molecule has 1 fully saturated rings. The highest BCUT2D eigenvalue weighted by molar-refractivity contribution is 9.10. The molecule has 0 aromatic heterocycles. The second-order valence-corrected chi connectivity index (χ2v) is 5.04. The normalized spacial score (nSPS) is 21.7. The van der Waals surface area contributed by atoms with Gasteiger partial charge in [0.05, 0.1) is 0 Å². The molecule has 15 heavy (non-hydrogen) atoms. The van der Waals surface area contributed by atoms with Crippen LogP contribution < -0.4 is 5.32 Å². The van der Waals surface area contributed by atoms with E-state index in [0.29, 0.717) is 5.56 Å². The molecule has 82 valence electrons. The van der Waals surface area contributed by atoms with Crippen molar-refractivity contribution in [2.45, 2.75) is 32.2 Å². The molecule has 1 heterocycles. The molecule has 1 nitrogen and oxygen atoms in total. The summed E-state index contributed by atoms with van der Waals surface area (Å²) in [4.78, 5) is 0. The van der Waals surface area contributed by atoms with E-state index in [1.165, 1.54) is 12.8 Å². The molecule has 1 aliphatic heterocycles. The van der Waals surface area contributed by atoms with Crippen molar-refractivity contribution < 1.29 is 4.39 Å².